The molecule has 0 aliphatic rings. The van der Waals surface area contributed by atoms with Crippen molar-refractivity contribution in [1.82, 2.24) is 20.4 Å². The minimum Gasteiger partial charge on any atom is -0.457 e. The number of hydrogen-bond donors (Lipinski definition) is 1. The molecule has 5 aromatic rings. The third-order valence-electron chi connectivity index (χ3n) is 4.40. The van der Waals surface area contributed by atoms with Crippen LogP contribution < -0.4 is 5.32 Å². The Balaban J connectivity index is 1.14. The first kappa shape index (κ1) is 18.7. The maximum Gasteiger partial charge on any atom is 0.227 e. The Morgan fingerprint density at radius 1 is 1.07 bits per heavy atom. The van der Waals surface area contributed by atoms with Gasteiger partial charge in [-0.3, -0.25) is 4.79 Å². The van der Waals surface area contributed by atoms with Crippen molar-refractivity contribution in [2.45, 2.75) is 19.4 Å². The molecule has 1 aromatic carbocycles. The SMILES string of the molecule is O=C(CCc1nc(-c2cccs2)no1)NCc1ccc(-c2nc3ccccc3s2)o1. The van der Waals surface area contributed by atoms with E-state index in [1.165, 1.54) is 0 Å². The number of thiophene rings is 1. The van der Waals surface area contributed by atoms with Crippen molar-refractivity contribution in [3.05, 3.63) is 65.6 Å². The lowest BCUT2D eigenvalue weighted by Crippen LogP contribution is -2.22. The van der Waals surface area contributed by atoms with Crippen molar-refractivity contribution < 1.29 is 13.7 Å². The molecular weight excluding hydrogens is 420 g/mol. The Morgan fingerprint density at radius 3 is 2.87 bits per heavy atom. The van der Waals surface area contributed by atoms with Crippen molar-refractivity contribution >= 4 is 38.8 Å². The molecule has 9 heteroatoms. The van der Waals surface area contributed by atoms with Crippen LogP contribution in [0, 0.1) is 0 Å². The number of nitrogens with zero attached hydrogens (tertiary/aromatic N) is 3. The van der Waals surface area contributed by atoms with E-state index in [1.807, 2.05) is 53.9 Å². The first-order valence-corrected chi connectivity index (χ1v) is 11.0. The van der Waals surface area contributed by atoms with Gasteiger partial charge >= 0.3 is 0 Å². The zero-order valence-corrected chi connectivity index (χ0v) is 17.3. The molecule has 0 unspecified atom stereocenters. The smallest absolute Gasteiger partial charge is 0.227 e. The maximum atomic E-state index is 12.2. The highest BCUT2D eigenvalue weighted by Gasteiger charge is 2.13. The van der Waals surface area contributed by atoms with Gasteiger partial charge in [0.05, 0.1) is 21.6 Å². The highest BCUT2D eigenvalue weighted by atomic mass is 32.1. The van der Waals surface area contributed by atoms with Gasteiger partial charge in [0, 0.05) is 12.8 Å². The van der Waals surface area contributed by atoms with Crippen LogP contribution in [-0.2, 0) is 17.8 Å². The number of carbonyl (C=O) groups excluding carboxylic acids is 1. The van der Waals surface area contributed by atoms with E-state index in [-0.39, 0.29) is 12.3 Å². The second-order valence-corrected chi connectivity index (χ2v) is 8.50. The number of aromatic nitrogens is 3. The number of furan rings is 1. The summed E-state index contributed by atoms with van der Waals surface area (Å²) in [5.74, 6) is 2.27. The summed E-state index contributed by atoms with van der Waals surface area (Å²) in [7, 11) is 0. The largest absolute Gasteiger partial charge is 0.457 e. The van der Waals surface area contributed by atoms with Gasteiger partial charge in [-0.1, -0.05) is 23.4 Å². The molecule has 1 amide bonds. The fourth-order valence-electron chi connectivity index (χ4n) is 2.92. The first-order valence-electron chi connectivity index (χ1n) is 9.32. The van der Waals surface area contributed by atoms with Crippen LogP contribution in [0.5, 0.6) is 0 Å². The fourth-order valence-corrected chi connectivity index (χ4v) is 4.50. The third-order valence-corrected chi connectivity index (χ3v) is 6.32. The predicted molar refractivity (Wildman–Crippen MR) is 115 cm³/mol. The summed E-state index contributed by atoms with van der Waals surface area (Å²) in [6.07, 6.45) is 0.650. The Morgan fingerprint density at radius 2 is 2.00 bits per heavy atom. The second kappa shape index (κ2) is 8.21. The van der Waals surface area contributed by atoms with Crippen molar-refractivity contribution in [1.29, 1.82) is 0 Å². The Bertz CT molecular complexity index is 1250. The van der Waals surface area contributed by atoms with Gasteiger partial charge in [0.2, 0.25) is 17.6 Å². The van der Waals surface area contributed by atoms with Crippen LogP contribution in [-0.4, -0.2) is 21.0 Å². The summed E-state index contributed by atoms with van der Waals surface area (Å²) in [6.45, 7) is 0.313. The van der Waals surface area contributed by atoms with Gasteiger partial charge in [-0.05, 0) is 35.7 Å². The fraction of sp³-hybridized carbons (Fsp3) is 0.143. The van der Waals surface area contributed by atoms with E-state index in [2.05, 4.69) is 20.4 Å². The average molecular weight is 437 g/mol. The minimum atomic E-state index is -0.108. The quantitative estimate of drug-likeness (QED) is 0.389. The first-order chi connectivity index (χ1) is 14.7. The van der Waals surface area contributed by atoms with Crippen LogP contribution in [0.25, 0.3) is 31.7 Å². The van der Waals surface area contributed by atoms with Gasteiger partial charge in [0.25, 0.3) is 0 Å². The molecule has 0 bridgehead atoms. The maximum absolute atomic E-state index is 12.2. The predicted octanol–water partition coefficient (Wildman–Crippen LogP) is 4.92. The van der Waals surface area contributed by atoms with Gasteiger partial charge in [-0.25, -0.2) is 4.98 Å². The summed E-state index contributed by atoms with van der Waals surface area (Å²) in [6, 6.07) is 15.6. The van der Waals surface area contributed by atoms with Crippen molar-refractivity contribution in [2.24, 2.45) is 0 Å². The highest BCUT2D eigenvalue weighted by molar-refractivity contribution is 7.21. The molecule has 0 aliphatic heterocycles. The van der Waals surface area contributed by atoms with E-state index in [9.17, 15) is 4.79 Å². The Kier molecular flexibility index (Phi) is 5.12. The molecule has 30 heavy (non-hydrogen) atoms. The number of benzene rings is 1. The van der Waals surface area contributed by atoms with E-state index in [0.29, 0.717) is 36.2 Å². The zero-order chi connectivity index (χ0) is 20.3. The Labute approximate surface area is 179 Å². The molecule has 0 fully saturated rings. The van der Waals surface area contributed by atoms with Gasteiger partial charge in [0.1, 0.15) is 5.76 Å². The van der Waals surface area contributed by atoms with E-state index in [0.717, 1.165) is 20.1 Å². The number of rotatable bonds is 7. The lowest BCUT2D eigenvalue weighted by molar-refractivity contribution is -0.121. The summed E-state index contributed by atoms with van der Waals surface area (Å²) in [4.78, 5) is 22.0. The van der Waals surface area contributed by atoms with E-state index in [1.54, 1.807) is 22.7 Å². The molecule has 0 radical (unpaired) electrons. The molecule has 0 atom stereocenters. The molecule has 0 aliphatic carbocycles. The number of fused-ring (bicyclic) bond motifs is 1. The molecular formula is C21H16N4O3S2. The van der Waals surface area contributed by atoms with E-state index < -0.39 is 0 Å². The molecule has 1 N–H and O–H groups in total. The second-order valence-electron chi connectivity index (χ2n) is 6.52. The van der Waals surface area contributed by atoms with Crippen LogP contribution in [0.15, 0.2) is 62.9 Å². The zero-order valence-electron chi connectivity index (χ0n) is 15.7. The number of thiazole rings is 1. The third kappa shape index (κ3) is 4.03. The van der Waals surface area contributed by atoms with Crippen LogP contribution in [0.1, 0.15) is 18.1 Å². The van der Waals surface area contributed by atoms with Crippen LogP contribution >= 0.6 is 22.7 Å². The standard InChI is InChI=1S/C21H16N4O3S2/c26-18(9-10-19-24-20(25-28-19)17-6-3-11-29-17)22-12-13-7-8-15(27-13)21-23-14-4-1-2-5-16(14)30-21/h1-8,11H,9-10,12H2,(H,22,26). The van der Waals surface area contributed by atoms with Gasteiger partial charge in [-0.15, -0.1) is 22.7 Å². The number of aryl methyl sites for hydroxylation is 1. The van der Waals surface area contributed by atoms with Crippen LogP contribution in [0.4, 0.5) is 0 Å². The summed E-state index contributed by atoms with van der Waals surface area (Å²) >= 11 is 3.12. The molecule has 0 spiro atoms. The van der Waals surface area contributed by atoms with Gasteiger partial charge in [0.15, 0.2) is 10.8 Å². The summed E-state index contributed by atoms with van der Waals surface area (Å²) in [5, 5.41) is 9.59. The number of hydrogen-bond acceptors (Lipinski definition) is 8. The van der Waals surface area contributed by atoms with Crippen molar-refractivity contribution in [3.8, 4) is 21.5 Å². The lowest BCUT2D eigenvalue weighted by atomic mass is 10.3. The molecule has 0 saturated heterocycles. The summed E-state index contributed by atoms with van der Waals surface area (Å²) < 4.78 is 12.2. The molecule has 4 aromatic heterocycles. The normalized spacial score (nSPS) is 11.2. The topological polar surface area (TPSA) is 94.0 Å². The minimum absolute atomic E-state index is 0.108. The average Bonchev–Trinajstić information content (AvgIpc) is 3.55. The molecule has 7 nitrogen and oxygen atoms in total. The Hall–Kier alpha value is -3.30. The van der Waals surface area contributed by atoms with Crippen molar-refractivity contribution in [2.75, 3.05) is 0 Å². The van der Waals surface area contributed by atoms with E-state index >= 15 is 0 Å². The van der Waals surface area contributed by atoms with Crippen molar-refractivity contribution in [3.63, 3.8) is 0 Å². The molecule has 150 valence electrons. The number of carbonyl (C=O) groups is 1. The monoisotopic (exact) mass is 436 g/mol. The van der Waals surface area contributed by atoms with Gasteiger partial charge in [-0.2, -0.15) is 4.98 Å². The van der Waals surface area contributed by atoms with Gasteiger partial charge < -0.3 is 14.3 Å². The molecule has 0 saturated carbocycles. The van der Waals surface area contributed by atoms with Crippen LogP contribution in [0.2, 0.25) is 0 Å². The highest BCUT2D eigenvalue weighted by Crippen LogP contribution is 2.31. The molecule has 4 heterocycles. The van der Waals surface area contributed by atoms with E-state index in [4.69, 9.17) is 8.94 Å². The lowest BCUT2D eigenvalue weighted by Gasteiger charge is -2.01. The summed E-state index contributed by atoms with van der Waals surface area (Å²) in [5.41, 5.74) is 0.951. The molecule has 5 rings (SSSR count). The number of nitrogens with one attached hydrogen (secondary N) is 1. The number of para-hydroxylation sites is 1. The van der Waals surface area contributed by atoms with Crippen LogP contribution in [0.3, 0.4) is 0 Å². The number of amides is 1.